The molecule has 6 N–H and O–H groups in total. The van der Waals surface area contributed by atoms with E-state index in [1.54, 1.807) is 0 Å². The summed E-state index contributed by atoms with van der Waals surface area (Å²) in [6, 6.07) is -1.97. The Morgan fingerprint density at radius 3 is 2.03 bits per heavy atom. The number of aliphatic carboxylic acids is 2. The van der Waals surface area contributed by atoms with Gasteiger partial charge >= 0.3 is 24.1 Å². The summed E-state index contributed by atoms with van der Waals surface area (Å²) >= 11 is 0. The number of nitrogens with two attached hydrogens (primary N) is 1. The van der Waals surface area contributed by atoms with Crippen molar-refractivity contribution in [1.82, 2.24) is 15.5 Å². The lowest BCUT2D eigenvalue weighted by Crippen LogP contribution is -2.55. The number of hydrogen-bond donors (Lipinski definition) is 5. The topological polar surface area (TPSA) is 162 Å². The molecule has 208 valence electrons. The highest BCUT2D eigenvalue weighted by Gasteiger charge is 2.38. The summed E-state index contributed by atoms with van der Waals surface area (Å²) in [5, 5.41) is 21.9. The minimum absolute atomic E-state index is 0.0364. The van der Waals surface area contributed by atoms with Gasteiger partial charge in [-0.05, 0) is 57.9 Å². The molecule has 1 aliphatic heterocycles. The van der Waals surface area contributed by atoms with Crippen LogP contribution in [0, 0.1) is 5.92 Å². The number of rotatable bonds is 10. The van der Waals surface area contributed by atoms with Crippen molar-refractivity contribution in [2.75, 3.05) is 13.1 Å². The van der Waals surface area contributed by atoms with E-state index in [0.29, 0.717) is 38.1 Å². The molecule has 2 rings (SSSR count). The normalized spacial score (nSPS) is 20.0. The zero-order valence-corrected chi connectivity index (χ0v) is 20.7. The van der Waals surface area contributed by atoms with Crippen LogP contribution in [0.1, 0.15) is 77.6 Å². The van der Waals surface area contributed by atoms with E-state index in [-0.39, 0.29) is 11.9 Å². The van der Waals surface area contributed by atoms with Gasteiger partial charge in [0.25, 0.3) is 0 Å². The fourth-order valence-electron chi connectivity index (χ4n) is 4.55. The number of carboxylic acid groups (broad SMARTS) is 2. The van der Waals surface area contributed by atoms with E-state index in [4.69, 9.17) is 15.6 Å². The number of likely N-dealkylation sites (tertiary alicyclic amines) is 1. The van der Waals surface area contributed by atoms with Crippen LogP contribution < -0.4 is 16.4 Å². The van der Waals surface area contributed by atoms with Crippen LogP contribution in [-0.4, -0.2) is 76.4 Å². The summed E-state index contributed by atoms with van der Waals surface area (Å²) in [7, 11) is 0. The number of halogens is 3. The zero-order chi connectivity index (χ0) is 27.3. The lowest BCUT2D eigenvalue weighted by Gasteiger charge is -2.31. The summed E-state index contributed by atoms with van der Waals surface area (Å²) < 4.78 is 31.7. The first kappa shape index (κ1) is 31.5. The third kappa shape index (κ3) is 11.4. The summed E-state index contributed by atoms with van der Waals surface area (Å²) in [6.45, 7) is 3.26. The van der Waals surface area contributed by atoms with Gasteiger partial charge in [0.15, 0.2) is 0 Å². The Balaban J connectivity index is 0.000000809. The second kappa shape index (κ2) is 15.5. The second-order valence-electron chi connectivity index (χ2n) is 9.41. The number of carbonyl (C=O) groups is 4. The highest BCUT2D eigenvalue weighted by Crippen LogP contribution is 2.28. The Bertz CT molecular complexity index is 731. The van der Waals surface area contributed by atoms with E-state index in [2.05, 4.69) is 10.6 Å². The first-order valence-corrected chi connectivity index (χ1v) is 12.5. The Morgan fingerprint density at radius 1 is 0.972 bits per heavy atom. The molecule has 1 saturated carbocycles. The zero-order valence-electron chi connectivity index (χ0n) is 20.7. The first-order chi connectivity index (χ1) is 16.9. The van der Waals surface area contributed by atoms with Crippen LogP contribution in [0.3, 0.4) is 0 Å². The molecule has 36 heavy (non-hydrogen) atoms. The van der Waals surface area contributed by atoms with Gasteiger partial charge in [-0.15, -0.1) is 0 Å². The van der Waals surface area contributed by atoms with Crippen LogP contribution in [0.5, 0.6) is 0 Å². The molecule has 1 saturated heterocycles. The van der Waals surface area contributed by atoms with E-state index in [1.165, 1.54) is 19.3 Å². The molecule has 2 aliphatic rings. The van der Waals surface area contributed by atoms with Gasteiger partial charge < -0.3 is 31.5 Å². The number of carboxylic acids is 2. The monoisotopic (exact) mass is 524 g/mol. The number of amides is 3. The van der Waals surface area contributed by atoms with Crippen molar-refractivity contribution in [3.63, 3.8) is 0 Å². The van der Waals surface area contributed by atoms with Crippen LogP contribution >= 0.6 is 0 Å². The minimum Gasteiger partial charge on any atom is -0.480 e. The first-order valence-electron chi connectivity index (χ1n) is 12.5. The van der Waals surface area contributed by atoms with Crippen molar-refractivity contribution in [2.24, 2.45) is 11.7 Å². The van der Waals surface area contributed by atoms with Crippen molar-refractivity contribution < 1.29 is 42.6 Å². The highest BCUT2D eigenvalue weighted by atomic mass is 19.4. The molecule has 1 aliphatic carbocycles. The van der Waals surface area contributed by atoms with Gasteiger partial charge in [-0.3, -0.25) is 4.79 Å². The Kier molecular flexibility index (Phi) is 13.6. The number of alkyl halides is 3. The number of nitrogens with one attached hydrogen (secondary N) is 2. The van der Waals surface area contributed by atoms with Gasteiger partial charge in [0, 0.05) is 12.6 Å². The van der Waals surface area contributed by atoms with Crippen LogP contribution in [0.25, 0.3) is 0 Å². The van der Waals surface area contributed by atoms with Crippen LogP contribution in [0.2, 0.25) is 0 Å². The molecule has 13 heteroatoms. The van der Waals surface area contributed by atoms with Gasteiger partial charge in [0.05, 0.1) is 0 Å². The minimum atomic E-state index is -5.08. The number of unbranched alkanes of at least 4 members (excludes halogenated alkanes) is 1. The largest absolute Gasteiger partial charge is 0.490 e. The SMILES string of the molecule is CC1CCCN1C(=O)[C@@H](CC1CCCCC1)NC(=O)N[C@@H](CCCCN)C(=O)O.O=C(O)C(F)(F)F. The van der Waals surface area contributed by atoms with Crippen LogP contribution in [-0.2, 0) is 14.4 Å². The summed E-state index contributed by atoms with van der Waals surface area (Å²) in [6.07, 6.45) is 4.90. The molecule has 1 unspecified atom stereocenters. The van der Waals surface area contributed by atoms with Crippen molar-refractivity contribution in [1.29, 1.82) is 0 Å². The van der Waals surface area contributed by atoms with E-state index >= 15 is 0 Å². The molecule has 2 fully saturated rings. The maximum Gasteiger partial charge on any atom is 0.490 e. The summed E-state index contributed by atoms with van der Waals surface area (Å²) in [5.74, 6) is -3.44. The van der Waals surface area contributed by atoms with Crippen molar-refractivity contribution in [2.45, 2.75) is 102 Å². The molecule has 0 aromatic rings. The molecule has 3 amide bonds. The quantitative estimate of drug-likeness (QED) is 0.274. The number of urea groups is 1. The van der Waals surface area contributed by atoms with Crippen LogP contribution in [0.15, 0.2) is 0 Å². The molecule has 0 bridgehead atoms. The number of hydrogen-bond acceptors (Lipinski definition) is 5. The average molecular weight is 525 g/mol. The molecule has 3 atom stereocenters. The molecular weight excluding hydrogens is 485 g/mol. The predicted molar refractivity (Wildman–Crippen MR) is 125 cm³/mol. The highest BCUT2D eigenvalue weighted by molar-refractivity contribution is 5.89. The summed E-state index contributed by atoms with van der Waals surface area (Å²) in [5.41, 5.74) is 5.46. The van der Waals surface area contributed by atoms with Gasteiger partial charge in [0.1, 0.15) is 12.1 Å². The van der Waals surface area contributed by atoms with E-state index in [9.17, 15) is 32.7 Å². The van der Waals surface area contributed by atoms with E-state index in [1.807, 2.05) is 11.8 Å². The van der Waals surface area contributed by atoms with Crippen molar-refractivity contribution in [3.05, 3.63) is 0 Å². The summed E-state index contributed by atoms with van der Waals surface area (Å²) in [4.78, 5) is 47.9. The van der Waals surface area contributed by atoms with E-state index < -0.39 is 36.2 Å². The van der Waals surface area contributed by atoms with Crippen LogP contribution in [0.4, 0.5) is 18.0 Å². The molecular formula is C23H39F3N4O6. The van der Waals surface area contributed by atoms with E-state index in [0.717, 1.165) is 32.2 Å². The molecule has 0 spiro atoms. The Labute approximate surface area is 209 Å². The van der Waals surface area contributed by atoms with Gasteiger partial charge in [-0.1, -0.05) is 32.1 Å². The molecule has 1 heterocycles. The Morgan fingerprint density at radius 2 is 1.56 bits per heavy atom. The fraction of sp³-hybridized carbons (Fsp3) is 0.826. The predicted octanol–water partition coefficient (Wildman–Crippen LogP) is 2.85. The molecule has 0 aromatic carbocycles. The average Bonchev–Trinajstić information content (AvgIpc) is 3.23. The lowest BCUT2D eigenvalue weighted by molar-refractivity contribution is -0.192. The van der Waals surface area contributed by atoms with Crippen molar-refractivity contribution >= 4 is 23.9 Å². The maximum atomic E-state index is 13.1. The smallest absolute Gasteiger partial charge is 0.480 e. The second-order valence-corrected chi connectivity index (χ2v) is 9.41. The Hall–Kier alpha value is -2.57. The molecule has 0 radical (unpaired) electrons. The maximum absolute atomic E-state index is 13.1. The van der Waals surface area contributed by atoms with Gasteiger partial charge in [-0.2, -0.15) is 13.2 Å². The molecule has 0 aromatic heterocycles. The fourth-order valence-corrected chi connectivity index (χ4v) is 4.55. The lowest BCUT2D eigenvalue weighted by atomic mass is 9.84. The van der Waals surface area contributed by atoms with Gasteiger partial charge in [0.2, 0.25) is 5.91 Å². The standard InChI is InChI=1S/C21H38N4O4.C2HF3O2/c1-15-8-7-13-25(15)19(26)18(14-16-9-3-2-4-10-16)24-21(29)23-17(20(27)28)11-5-6-12-22;3-2(4,5)1(6)7/h15-18H,2-14,22H2,1H3,(H,27,28)(H2,23,24,29);(H,6,7)/t15?,17-,18+;/m0./s1. The number of nitrogens with zero attached hydrogens (tertiary/aromatic N) is 1. The van der Waals surface area contributed by atoms with Gasteiger partial charge in [-0.25, -0.2) is 14.4 Å². The third-order valence-corrected chi connectivity index (χ3v) is 6.53. The third-order valence-electron chi connectivity index (χ3n) is 6.53. The molecule has 10 nitrogen and oxygen atoms in total. The van der Waals surface area contributed by atoms with Crippen molar-refractivity contribution in [3.8, 4) is 0 Å². The number of carbonyl (C=O) groups excluding carboxylic acids is 2.